The fourth-order valence-electron chi connectivity index (χ4n) is 1.45. The fraction of sp³-hybridized carbons (Fsp3) is 0. The van der Waals surface area contributed by atoms with Crippen LogP contribution in [0.15, 0.2) is 41.3 Å². The molecule has 2 rings (SSSR count). The van der Waals surface area contributed by atoms with Crippen molar-refractivity contribution in [3.8, 4) is 0 Å². The number of rotatable bonds is 1. The molecule has 0 aromatic heterocycles. The Bertz CT molecular complexity index is 622. The lowest BCUT2D eigenvalue weighted by molar-refractivity contribution is 0.612. The zero-order valence-corrected chi connectivity index (χ0v) is 10.4. The van der Waals surface area contributed by atoms with Crippen molar-refractivity contribution in [1.29, 1.82) is 0 Å². The third-order valence-corrected chi connectivity index (χ3v) is 4.40. The SMILES string of the molecule is O=S(=O)(I)c1ccc(F)c2ccccc12. The smallest absolute Gasteiger partial charge is 0.213 e. The van der Waals surface area contributed by atoms with Crippen molar-refractivity contribution < 1.29 is 12.8 Å². The molecule has 0 saturated heterocycles. The van der Waals surface area contributed by atoms with Gasteiger partial charge >= 0.3 is 0 Å². The molecule has 2 aromatic rings. The highest BCUT2D eigenvalue weighted by atomic mass is 127. The summed E-state index contributed by atoms with van der Waals surface area (Å²) in [7, 11) is -3.34. The molecular weight excluding hydrogens is 330 g/mol. The molecule has 2 aromatic carbocycles. The summed E-state index contributed by atoms with van der Waals surface area (Å²) >= 11 is 1.35. The molecule has 15 heavy (non-hydrogen) atoms. The lowest BCUT2D eigenvalue weighted by Crippen LogP contribution is -1.92. The molecule has 0 atom stereocenters. The molecule has 0 fully saturated rings. The van der Waals surface area contributed by atoms with Crippen LogP contribution in [0.4, 0.5) is 4.39 Å². The Balaban J connectivity index is 2.96. The van der Waals surface area contributed by atoms with Crippen molar-refractivity contribution in [3.05, 3.63) is 42.2 Å². The van der Waals surface area contributed by atoms with E-state index < -0.39 is 12.8 Å². The van der Waals surface area contributed by atoms with Gasteiger partial charge in [0.15, 0.2) is 0 Å². The fourth-order valence-corrected chi connectivity index (χ4v) is 3.27. The first-order chi connectivity index (χ1) is 7.00. The molecule has 0 spiro atoms. The van der Waals surface area contributed by atoms with Crippen LogP contribution in [0.2, 0.25) is 0 Å². The van der Waals surface area contributed by atoms with E-state index in [2.05, 4.69) is 0 Å². The molecule has 0 heterocycles. The molecule has 78 valence electrons. The molecule has 0 aliphatic heterocycles. The summed E-state index contributed by atoms with van der Waals surface area (Å²) in [6.45, 7) is 0. The molecule has 0 N–H and O–H groups in total. The van der Waals surface area contributed by atoms with Crippen LogP contribution in [0, 0.1) is 5.82 Å². The van der Waals surface area contributed by atoms with E-state index in [0.717, 1.165) is 0 Å². The highest BCUT2D eigenvalue weighted by Gasteiger charge is 2.14. The minimum atomic E-state index is -3.34. The van der Waals surface area contributed by atoms with E-state index >= 15 is 0 Å². The van der Waals surface area contributed by atoms with Crippen LogP contribution in [-0.4, -0.2) is 8.42 Å². The topological polar surface area (TPSA) is 34.1 Å². The number of hydrogen-bond donors (Lipinski definition) is 0. The number of fused-ring (bicyclic) bond motifs is 1. The molecule has 0 aliphatic rings. The highest BCUT2D eigenvalue weighted by Crippen LogP contribution is 2.28. The molecule has 2 nitrogen and oxygen atoms in total. The van der Waals surface area contributed by atoms with Gasteiger partial charge < -0.3 is 0 Å². The molecule has 5 heteroatoms. The molecule has 0 radical (unpaired) electrons. The van der Waals surface area contributed by atoms with Gasteiger partial charge in [0.2, 0.25) is 7.01 Å². The summed E-state index contributed by atoms with van der Waals surface area (Å²) in [6.07, 6.45) is 0. The van der Waals surface area contributed by atoms with Crippen molar-refractivity contribution in [2.24, 2.45) is 0 Å². The Hall–Kier alpha value is -0.690. The quantitative estimate of drug-likeness (QED) is 0.592. The Morgan fingerprint density at radius 3 is 2.20 bits per heavy atom. The van der Waals surface area contributed by atoms with Crippen molar-refractivity contribution in [2.75, 3.05) is 0 Å². The Morgan fingerprint density at radius 2 is 1.60 bits per heavy atom. The van der Waals surface area contributed by atoms with Crippen LogP contribution in [0.1, 0.15) is 0 Å². The van der Waals surface area contributed by atoms with Gasteiger partial charge in [0.1, 0.15) is 5.82 Å². The van der Waals surface area contributed by atoms with Crippen LogP contribution in [0.25, 0.3) is 10.8 Å². The van der Waals surface area contributed by atoms with Crippen molar-refractivity contribution >= 4 is 39.0 Å². The monoisotopic (exact) mass is 336 g/mol. The van der Waals surface area contributed by atoms with Crippen molar-refractivity contribution in [1.82, 2.24) is 0 Å². The average Bonchev–Trinajstić information content (AvgIpc) is 2.17. The first-order valence-corrected chi connectivity index (χ1v) is 8.14. The van der Waals surface area contributed by atoms with Crippen LogP contribution < -0.4 is 0 Å². The summed E-state index contributed by atoms with van der Waals surface area (Å²) in [6, 6.07) is 9.00. The van der Waals surface area contributed by atoms with E-state index in [-0.39, 0.29) is 4.90 Å². The maximum absolute atomic E-state index is 13.4. The third-order valence-electron chi connectivity index (χ3n) is 2.09. The predicted molar refractivity (Wildman–Crippen MR) is 65.1 cm³/mol. The van der Waals surface area contributed by atoms with Crippen LogP contribution in [0.5, 0.6) is 0 Å². The molecular formula is C10H6FIO2S. The predicted octanol–water partition coefficient (Wildman–Crippen LogP) is 3.10. The van der Waals surface area contributed by atoms with E-state index in [1.54, 1.807) is 24.3 Å². The molecule has 0 aliphatic carbocycles. The molecule has 0 saturated carbocycles. The first-order valence-electron chi connectivity index (χ1n) is 4.12. The number of benzene rings is 2. The van der Waals surface area contributed by atoms with Gasteiger partial charge in [-0.3, -0.25) is 0 Å². The molecule has 0 unspecified atom stereocenters. The molecule has 0 amide bonds. The Kier molecular flexibility index (Phi) is 2.68. The van der Waals surface area contributed by atoms with Crippen LogP contribution in [0.3, 0.4) is 0 Å². The normalized spacial score (nSPS) is 11.9. The van der Waals surface area contributed by atoms with Gasteiger partial charge in [0.05, 0.1) is 26.1 Å². The highest BCUT2D eigenvalue weighted by molar-refractivity contribution is 14.2. The van der Waals surface area contributed by atoms with E-state index in [0.29, 0.717) is 10.8 Å². The summed E-state index contributed by atoms with van der Waals surface area (Å²) in [5, 5.41) is 0.752. The van der Waals surface area contributed by atoms with Gasteiger partial charge in [-0.2, -0.15) is 0 Å². The van der Waals surface area contributed by atoms with E-state index in [9.17, 15) is 12.8 Å². The standard InChI is InChI=1S/C10H6FIO2S/c11-9-5-6-10(15(12,13)14)8-4-2-1-3-7(8)9/h1-6H. The second-order valence-electron chi connectivity index (χ2n) is 3.03. The largest absolute Gasteiger partial charge is 0.231 e. The third kappa shape index (κ3) is 1.98. The zero-order valence-electron chi connectivity index (χ0n) is 7.44. The zero-order chi connectivity index (χ0) is 11.1. The first kappa shape index (κ1) is 10.8. The Morgan fingerprint density at radius 1 is 1.00 bits per heavy atom. The maximum atomic E-state index is 13.4. The van der Waals surface area contributed by atoms with Gasteiger partial charge in [0.25, 0.3) is 0 Å². The van der Waals surface area contributed by atoms with Crippen LogP contribution >= 0.6 is 21.2 Å². The lowest BCUT2D eigenvalue weighted by atomic mass is 10.1. The van der Waals surface area contributed by atoms with Gasteiger partial charge in [-0.15, -0.1) is 0 Å². The van der Waals surface area contributed by atoms with Crippen molar-refractivity contribution in [2.45, 2.75) is 4.90 Å². The summed E-state index contributed by atoms with van der Waals surface area (Å²) in [5.41, 5.74) is 0. The molecule has 0 bridgehead atoms. The average molecular weight is 336 g/mol. The summed E-state index contributed by atoms with van der Waals surface area (Å²) < 4.78 is 36.2. The number of hydrogen-bond acceptors (Lipinski definition) is 2. The minimum absolute atomic E-state index is 0.153. The summed E-state index contributed by atoms with van der Waals surface area (Å²) in [4.78, 5) is 0.153. The van der Waals surface area contributed by atoms with Gasteiger partial charge in [-0.25, -0.2) is 12.8 Å². The van der Waals surface area contributed by atoms with E-state index in [1.165, 1.54) is 33.3 Å². The van der Waals surface area contributed by atoms with E-state index in [1.807, 2.05) is 0 Å². The van der Waals surface area contributed by atoms with Gasteiger partial charge in [-0.05, 0) is 12.1 Å². The van der Waals surface area contributed by atoms with Gasteiger partial charge in [0, 0.05) is 10.8 Å². The van der Waals surface area contributed by atoms with E-state index in [4.69, 9.17) is 0 Å². The van der Waals surface area contributed by atoms with Crippen LogP contribution in [-0.2, 0) is 7.01 Å². The second kappa shape index (κ2) is 3.71. The minimum Gasteiger partial charge on any atom is -0.213 e. The second-order valence-corrected chi connectivity index (χ2v) is 7.82. The Labute approximate surface area is 98.6 Å². The number of halogens is 2. The lowest BCUT2D eigenvalue weighted by Gasteiger charge is -2.03. The van der Waals surface area contributed by atoms with Gasteiger partial charge in [-0.1, -0.05) is 24.3 Å². The maximum Gasteiger partial charge on any atom is 0.231 e. The summed E-state index contributed by atoms with van der Waals surface area (Å²) in [5.74, 6) is -0.408. The van der Waals surface area contributed by atoms with Crippen molar-refractivity contribution in [3.63, 3.8) is 0 Å².